The lowest BCUT2D eigenvalue weighted by molar-refractivity contribution is 0.0587. The number of amides is 1. The Labute approximate surface area is 130 Å². The molecule has 2 unspecified atom stereocenters. The van der Waals surface area contributed by atoms with Gasteiger partial charge in [0.15, 0.2) is 0 Å². The summed E-state index contributed by atoms with van der Waals surface area (Å²) < 4.78 is 0. The summed E-state index contributed by atoms with van der Waals surface area (Å²) in [6.07, 6.45) is 5.52. The smallest absolute Gasteiger partial charge is 0.274 e. The Hall–Kier alpha value is -2.27. The largest absolute Gasteiger partial charge is 0.331 e. The summed E-state index contributed by atoms with van der Waals surface area (Å²) in [6, 6.07) is 10.7. The Bertz CT molecular complexity index is 617. The summed E-state index contributed by atoms with van der Waals surface area (Å²) in [5.74, 6) is -0.0395. The minimum Gasteiger partial charge on any atom is -0.331 e. The lowest BCUT2D eigenvalue weighted by atomic mass is 10.0. The van der Waals surface area contributed by atoms with Crippen molar-refractivity contribution in [3.8, 4) is 0 Å². The van der Waals surface area contributed by atoms with Crippen LogP contribution >= 0.6 is 0 Å². The Kier molecular flexibility index (Phi) is 4.44. The molecule has 2 atom stereocenters. The number of carbonyl (C=O) groups is 1. The molecule has 1 fully saturated rings. The normalized spacial score (nSPS) is 21.6. The van der Waals surface area contributed by atoms with Crippen LogP contribution in [0.15, 0.2) is 48.9 Å². The molecule has 1 aliphatic rings. The Morgan fingerprint density at radius 1 is 1.32 bits per heavy atom. The Morgan fingerprint density at radius 3 is 2.86 bits per heavy atom. The molecule has 5 nitrogen and oxygen atoms in total. The van der Waals surface area contributed by atoms with Crippen molar-refractivity contribution in [2.24, 2.45) is 0 Å². The summed E-state index contributed by atoms with van der Waals surface area (Å²) in [5.41, 5.74) is 1.65. The predicted molar refractivity (Wildman–Crippen MR) is 84.5 cm³/mol. The zero-order chi connectivity index (χ0) is 15.4. The van der Waals surface area contributed by atoms with Crippen LogP contribution in [0.2, 0.25) is 0 Å². The van der Waals surface area contributed by atoms with E-state index in [-0.39, 0.29) is 18.0 Å². The standard InChI is InChI=1S/C17H20N4O/c1-13-12-21(17(22)16-11-18-7-8-19-16)15(10-20-13)9-14-5-3-2-4-6-14/h2-8,11,13,15,20H,9-10,12H2,1H3. The van der Waals surface area contributed by atoms with Crippen molar-refractivity contribution in [2.75, 3.05) is 13.1 Å². The molecule has 0 aliphatic carbocycles. The van der Waals surface area contributed by atoms with E-state index in [9.17, 15) is 4.79 Å². The van der Waals surface area contributed by atoms with Crippen LogP contribution in [0, 0.1) is 0 Å². The highest BCUT2D eigenvalue weighted by Crippen LogP contribution is 2.15. The number of rotatable bonds is 3. The zero-order valence-corrected chi connectivity index (χ0v) is 12.6. The lowest BCUT2D eigenvalue weighted by Gasteiger charge is -2.39. The highest BCUT2D eigenvalue weighted by molar-refractivity contribution is 5.92. The first kappa shape index (κ1) is 14.7. The molecular formula is C17H20N4O. The molecular weight excluding hydrogens is 276 g/mol. The van der Waals surface area contributed by atoms with Crippen LogP contribution in [0.3, 0.4) is 0 Å². The van der Waals surface area contributed by atoms with Crippen molar-refractivity contribution in [1.82, 2.24) is 20.2 Å². The molecule has 1 saturated heterocycles. The van der Waals surface area contributed by atoms with Gasteiger partial charge in [0.1, 0.15) is 5.69 Å². The molecule has 1 N–H and O–H groups in total. The van der Waals surface area contributed by atoms with Gasteiger partial charge in [-0.2, -0.15) is 0 Å². The molecule has 1 aromatic heterocycles. The number of nitrogens with one attached hydrogen (secondary N) is 1. The number of hydrogen-bond donors (Lipinski definition) is 1. The van der Waals surface area contributed by atoms with E-state index in [0.717, 1.165) is 13.0 Å². The van der Waals surface area contributed by atoms with Crippen molar-refractivity contribution in [1.29, 1.82) is 0 Å². The number of aromatic nitrogens is 2. The van der Waals surface area contributed by atoms with Gasteiger partial charge in [-0.05, 0) is 18.9 Å². The van der Waals surface area contributed by atoms with Gasteiger partial charge >= 0.3 is 0 Å². The van der Waals surface area contributed by atoms with Gasteiger partial charge < -0.3 is 10.2 Å². The van der Waals surface area contributed by atoms with Gasteiger partial charge in [-0.3, -0.25) is 9.78 Å². The van der Waals surface area contributed by atoms with E-state index in [1.165, 1.54) is 11.8 Å². The third-order valence-corrected chi connectivity index (χ3v) is 3.97. The summed E-state index contributed by atoms with van der Waals surface area (Å²) in [5, 5.41) is 3.46. The summed E-state index contributed by atoms with van der Waals surface area (Å²) in [4.78, 5) is 22.8. The van der Waals surface area contributed by atoms with Crippen LogP contribution < -0.4 is 5.32 Å². The molecule has 0 spiro atoms. The molecule has 1 amide bonds. The summed E-state index contributed by atoms with van der Waals surface area (Å²) in [7, 11) is 0. The van der Waals surface area contributed by atoms with Crippen molar-refractivity contribution in [3.63, 3.8) is 0 Å². The number of hydrogen-bond acceptors (Lipinski definition) is 4. The fourth-order valence-corrected chi connectivity index (χ4v) is 2.83. The Balaban J connectivity index is 1.80. The third kappa shape index (κ3) is 3.31. The third-order valence-electron chi connectivity index (χ3n) is 3.97. The first-order chi connectivity index (χ1) is 10.7. The maximum absolute atomic E-state index is 12.7. The maximum Gasteiger partial charge on any atom is 0.274 e. The van der Waals surface area contributed by atoms with Gasteiger partial charge in [-0.1, -0.05) is 30.3 Å². The van der Waals surface area contributed by atoms with Crippen LogP contribution in [0.4, 0.5) is 0 Å². The number of piperazine rings is 1. The minimum atomic E-state index is -0.0395. The van der Waals surface area contributed by atoms with Gasteiger partial charge in [-0.15, -0.1) is 0 Å². The first-order valence-electron chi connectivity index (χ1n) is 7.58. The molecule has 2 aromatic rings. The molecule has 5 heteroatoms. The molecule has 0 radical (unpaired) electrons. The summed E-state index contributed by atoms with van der Waals surface area (Å²) in [6.45, 7) is 3.57. The van der Waals surface area contributed by atoms with Crippen molar-refractivity contribution in [3.05, 3.63) is 60.2 Å². The van der Waals surface area contributed by atoms with E-state index in [2.05, 4.69) is 34.3 Å². The van der Waals surface area contributed by atoms with Gasteiger partial charge in [-0.25, -0.2) is 4.98 Å². The topological polar surface area (TPSA) is 58.1 Å². The van der Waals surface area contributed by atoms with E-state index in [1.54, 1.807) is 12.4 Å². The van der Waals surface area contributed by atoms with Gasteiger partial charge in [0.2, 0.25) is 0 Å². The van der Waals surface area contributed by atoms with E-state index in [4.69, 9.17) is 0 Å². The van der Waals surface area contributed by atoms with Crippen molar-refractivity contribution in [2.45, 2.75) is 25.4 Å². The fourth-order valence-electron chi connectivity index (χ4n) is 2.83. The molecule has 0 bridgehead atoms. The number of benzene rings is 1. The fraction of sp³-hybridized carbons (Fsp3) is 0.353. The van der Waals surface area contributed by atoms with Crippen LogP contribution in [0.5, 0.6) is 0 Å². The highest BCUT2D eigenvalue weighted by atomic mass is 16.2. The second kappa shape index (κ2) is 6.66. The van der Waals surface area contributed by atoms with Crippen LogP contribution in [-0.4, -0.2) is 45.9 Å². The predicted octanol–water partition coefficient (Wildman–Crippen LogP) is 1.52. The maximum atomic E-state index is 12.7. The van der Waals surface area contributed by atoms with Crippen molar-refractivity contribution >= 4 is 5.91 Å². The Morgan fingerprint density at radius 2 is 2.14 bits per heavy atom. The zero-order valence-electron chi connectivity index (χ0n) is 12.6. The van der Waals surface area contributed by atoms with E-state index < -0.39 is 0 Å². The molecule has 1 aliphatic heterocycles. The van der Waals surface area contributed by atoms with Crippen molar-refractivity contribution < 1.29 is 4.79 Å². The van der Waals surface area contributed by atoms with Crippen LogP contribution in [0.25, 0.3) is 0 Å². The number of nitrogens with zero attached hydrogens (tertiary/aromatic N) is 3. The van der Waals surface area contributed by atoms with Crippen LogP contribution in [0.1, 0.15) is 23.0 Å². The quantitative estimate of drug-likeness (QED) is 0.933. The first-order valence-corrected chi connectivity index (χ1v) is 7.58. The van der Waals surface area contributed by atoms with E-state index >= 15 is 0 Å². The molecule has 22 heavy (non-hydrogen) atoms. The van der Waals surface area contributed by atoms with Gasteiger partial charge in [0, 0.05) is 37.6 Å². The number of carbonyl (C=O) groups excluding carboxylic acids is 1. The van der Waals surface area contributed by atoms with E-state index in [0.29, 0.717) is 12.2 Å². The van der Waals surface area contributed by atoms with Gasteiger partial charge in [0.25, 0.3) is 5.91 Å². The minimum absolute atomic E-state index is 0.0395. The molecule has 2 heterocycles. The lowest BCUT2D eigenvalue weighted by Crippen LogP contribution is -2.58. The molecule has 114 valence electrons. The second-order valence-corrected chi connectivity index (χ2v) is 5.70. The van der Waals surface area contributed by atoms with E-state index in [1.807, 2.05) is 23.1 Å². The van der Waals surface area contributed by atoms with Gasteiger partial charge in [0.05, 0.1) is 6.20 Å². The molecule has 3 rings (SSSR count). The monoisotopic (exact) mass is 296 g/mol. The highest BCUT2D eigenvalue weighted by Gasteiger charge is 2.30. The average molecular weight is 296 g/mol. The average Bonchev–Trinajstić information content (AvgIpc) is 2.57. The van der Waals surface area contributed by atoms with Crippen LogP contribution in [-0.2, 0) is 6.42 Å². The molecule has 1 aromatic carbocycles. The summed E-state index contributed by atoms with van der Waals surface area (Å²) >= 11 is 0. The molecule has 0 saturated carbocycles. The second-order valence-electron chi connectivity index (χ2n) is 5.70. The SMILES string of the molecule is CC1CN(C(=O)c2cnccn2)C(Cc2ccccc2)CN1.